The SMILES string of the molecule is Cc1ccccc1C(=O)Cl.O=C(Cl)c1ccc([N+](=O)[O-])cc1.O=C(Cl)c1cccc([N+](=O)[O-])c1. The molecule has 3 rings (SSSR count). The van der Waals surface area contributed by atoms with E-state index in [1.165, 1.54) is 42.5 Å². The molecular weight excluding hydrogens is 511 g/mol. The minimum absolute atomic E-state index is 0.0586. The van der Waals surface area contributed by atoms with E-state index in [2.05, 4.69) is 0 Å². The van der Waals surface area contributed by atoms with E-state index in [0.717, 1.165) is 11.6 Å². The van der Waals surface area contributed by atoms with Crippen molar-refractivity contribution >= 4 is 61.9 Å². The predicted molar refractivity (Wildman–Crippen MR) is 128 cm³/mol. The van der Waals surface area contributed by atoms with Gasteiger partial charge in [0.05, 0.1) is 9.85 Å². The first-order valence-electron chi connectivity index (χ1n) is 9.08. The van der Waals surface area contributed by atoms with Crippen molar-refractivity contribution in [3.05, 3.63) is 115 Å². The average molecular weight is 526 g/mol. The van der Waals surface area contributed by atoms with Gasteiger partial charge in [-0.2, -0.15) is 0 Å². The zero-order valence-electron chi connectivity index (χ0n) is 17.3. The van der Waals surface area contributed by atoms with E-state index in [0.29, 0.717) is 5.56 Å². The molecular formula is C22H15Cl3N2O7. The summed E-state index contributed by atoms with van der Waals surface area (Å²) in [5.74, 6) is 0. The largest absolute Gasteiger partial charge is 0.276 e. The van der Waals surface area contributed by atoms with E-state index in [1.54, 1.807) is 12.1 Å². The number of nitro benzene ring substituents is 2. The lowest BCUT2D eigenvalue weighted by Gasteiger charge is -1.96. The molecule has 34 heavy (non-hydrogen) atoms. The van der Waals surface area contributed by atoms with Crippen LogP contribution in [0.3, 0.4) is 0 Å². The van der Waals surface area contributed by atoms with Crippen molar-refractivity contribution in [2.75, 3.05) is 0 Å². The Kier molecular flexibility index (Phi) is 11.5. The molecule has 0 fully saturated rings. The molecule has 0 atom stereocenters. The van der Waals surface area contributed by atoms with Crippen LogP contribution in [0.25, 0.3) is 0 Å². The van der Waals surface area contributed by atoms with Crippen molar-refractivity contribution in [1.29, 1.82) is 0 Å². The highest BCUT2D eigenvalue weighted by molar-refractivity contribution is 6.68. The van der Waals surface area contributed by atoms with Gasteiger partial charge in [0.25, 0.3) is 27.1 Å². The zero-order valence-corrected chi connectivity index (χ0v) is 19.6. The molecule has 3 aromatic rings. The molecule has 9 nitrogen and oxygen atoms in total. The minimum atomic E-state index is -0.696. The molecule has 0 heterocycles. The number of nitrogens with zero attached hydrogens (tertiary/aromatic N) is 2. The van der Waals surface area contributed by atoms with E-state index in [4.69, 9.17) is 34.8 Å². The Morgan fingerprint density at radius 2 is 1.18 bits per heavy atom. The fraction of sp³-hybridized carbons (Fsp3) is 0.0455. The monoisotopic (exact) mass is 524 g/mol. The van der Waals surface area contributed by atoms with Crippen molar-refractivity contribution in [2.45, 2.75) is 6.92 Å². The number of hydrogen-bond donors (Lipinski definition) is 0. The Balaban J connectivity index is 0.000000256. The van der Waals surface area contributed by atoms with Crippen LogP contribution in [0.15, 0.2) is 72.8 Å². The lowest BCUT2D eigenvalue weighted by molar-refractivity contribution is -0.385. The molecule has 0 aliphatic rings. The third-order valence-corrected chi connectivity index (χ3v) is 4.59. The molecule has 0 bridgehead atoms. The maximum Gasteiger partial charge on any atom is 0.270 e. The third kappa shape index (κ3) is 9.45. The molecule has 0 saturated carbocycles. The van der Waals surface area contributed by atoms with Crippen molar-refractivity contribution in [2.24, 2.45) is 0 Å². The number of rotatable bonds is 5. The highest BCUT2D eigenvalue weighted by Gasteiger charge is 2.09. The summed E-state index contributed by atoms with van der Waals surface area (Å²) in [5, 5.41) is 18.7. The Morgan fingerprint density at radius 1 is 0.647 bits per heavy atom. The molecule has 3 aromatic carbocycles. The summed E-state index contributed by atoms with van der Waals surface area (Å²) in [6.45, 7) is 1.86. The van der Waals surface area contributed by atoms with Crippen LogP contribution < -0.4 is 0 Å². The zero-order chi connectivity index (χ0) is 25.8. The molecule has 0 radical (unpaired) electrons. The molecule has 0 N–H and O–H groups in total. The Labute approximate surface area is 208 Å². The van der Waals surface area contributed by atoms with Crippen LogP contribution >= 0.6 is 34.8 Å². The first-order valence-corrected chi connectivity index (χ1v) is 10.2. The van der Waals surface area contributed by atoms with Crippen molar-refractivity contribution in [1.82, 2.24) is 0 Å². The Bertz CT molecular complexity index is 1150. The summed E-state index contributed by atoms with van der Waals surface area (Å²) in [5.41, 5.74) is 1.69. The van der Waals surface area contributed by atoms with Gasteiger partial charge in [-0.15, -0.1) is 0 Å². The van der Waals surface area contributed by atoms with Gasteiger partial charge in [0.1, 0.15) is 0 Å². The van der Waals surface area contributed by atoms with Gasteiger partial charge in [0.2, 0.25) is 0 Å². The fourth-order valence-electron chi connectivity index (χ4n) is 2.25. The number of benzene rings is 3. The smallest absolute Gasteiger partial charge is 0.270 e. The van der Waals surface area contributed by atoms with Gasteiger partial charge >= 0.3 is 0 Å². The van der Waals surface area contributed by atoms with E-state index in [1.807, 2.05) is 19.1 Å². The lowest BCUT2D eigenvalue weighted by atomic mass is 10.1. The standard InChI is InChI=1S/C8H7ClO.2C7H4ClNO3/c1-6-4-2-3-5-7(6)8(9)10;8-7(10)5-1-3-6(4-2-5)9(11)12;8-7(10)5-2-1-3-6(4-5)9(11)12/h2-5H,1H3;2*1-4H. The van der Waals surface area contributed by atoms with Crippen LogP contribution in [0, 0.1) is 27.2 Å². The summed E-state index contributed by atoms with van der Waals surface area (Å²) in [6.07, 6.45) is 0. The topological polar surface area (TPSA) is 137 Å². The third-order valence-electron chi connectivity index (χ3n) is 3.95. The van der Waals surface area contributed by atoms with Gasteiger partial charge in [0, 0.05) is 41.0 Å². The van der Waals surface area contributed by atoms with Crippen LogP contribution in [0.5, 0.6) is 0 Å². The van der Waals surface area contributed by atoms with Crippen LogP contribution in [-0.2, 0) is 0 Å². The van der Waals surface area contributed by atoms with Crippen LogP contribution in [0.2, 0.25) is 0 Å². The van der Waals surface area contributed by atoms with E-state index >= 15 is 0 Å². The van der Waals surface area contributed by atoms with Crippen molar-refractivity contribution in [3.8, 4) is 0 Å². The molecule has 0 saturated heterocycles. The summed E-state index contributed by atoms with van der Waals surface area (Å²) < 4.78 is 0. The Hall–Kier alpha value is -3.66. The number of halogens is 3. The highest BCUT2D eigenvalue weighted by Crippen LogP contribution is 2.14. The fourth-order valence-corrected chi connectivity index (χ4v) is 2.70. The molecule has 0 aromatic heterocycles. The van der Waals surface area contributed by atoms with E-state index in [-0.39, 0.29) is 22.5 Å². The summed E-state index contributed by atoms with van der Waals surface area (Å²) in [7, 11) is 0. The predicted octanol–water partition coefficient (Wildman–Crippen LogP) is 6.32. The summed E-state index contributed by atoms with van der Waals surface area (Å²) in [4.78, 5) is 51.0. The number of carbonyl (C=O) groups excluding carboxylic acids is 3. The average Bonchev–Trinajstić information content (AvgIpc) is 2.80. The number of aryl methyl sites for hydroxylation is 1. The number of hydrogen-bond acceptors (Lipinski definition) is 7. The highest BCUT2D eigenvalue weighted by atomic mass is 35.5. The van der Waals surface area contributed by atoms with Crippen LogP contribution in [0.4, 0.5) is 11.4 Å². The first kappa shape index (κ1) is 28.4. The quantitative estimate of drug-likeness (QED) is 0.216. The van der Waals surface area contributed by atoms with E-state index < -0.39 is 25.6 Å². The Morgan fingerprint density at radius 3 is 1.59 bits per heavy atom. The van der Waals surface area contributed by atoms with Gasteiger partial charge in [-0.25, -0.2) is 0 Å². The molecule has 0 aliphatic heterocycles. The van der Waals surface area contributed by atoms with Gasteiger partial charge in [-0.3, -0.25) is 34.6 Å². The second kappa shape index (κ2) is 13.8. The molecule has 176 valence electrons. The maximum absolute atomic E-state index is 10.6. The number of non-ortho nitro benzene ring substituents is 2. The first-order chi connectivity index (χ1) is 15.9. The number of nitro groups is 2. The summed E-state index contributed by atoms with van der Waals surface area (Å²) >= 11 is 15.5. The summed E-state index contributed by atoms with van der Waals surface area (Å²) in [6, 6.07) is 17.6. The second-order valence-corrected chi connectivity index (χ2v) is 7.28. The van der Waals surface area contributed by atoms with Crippen LogP contribution in [0.1, 0.15) is 36.6 Å². The van der Waals surface area contributed by atoms with Crippen molar-refractivity contribution in [3.63, 3.8) is 0 Å². The van der Waals surface area contributed by atoms with Gasteiger partial charge in [-0.05, 0) is 71.6 Å². The van der Waals surface area contributed by atoms with Crippen LogP contribution in [-0.4, -0.2) is 25.6 Å². The lowest BCUT2D eigenvalue weighted by Crippen LogP contribution is -1.92. The molecule has 0 amide bonds. The minimum Gasteiger partial charge on any atom is -0.276 e. The second-order valence-electron chi connectivity index (χ2n) is 6.25. The molecule has 0 aliphatic carbocycles. The molecule has 0 spiro atoms. The number of carbonyl (C=O) groups is 3. The van der Waals surface area contributed by atoms with Gasteiger partial charge in [-0.1, -0.05) is 24.3 Å². The van der Waals surface area contributed by atoms with Gasteiger partial charge < -0.3 is 0 Å². The maximum atomic E-state index is 10.6. The van der Waals surface area contributed by atoms with Crippen molar-refractivity contribution < 1.29 is 24.2 Å². The normalized spacial score (nSPS) is 9.41. The van der Waals surface area contributed by atoms with Gasteiger partial charge in [0.15, 0.2) is 0 Å². The molecule has 12 heteroatoms. The van der Waals surface area contributed by atoms with E-state index in [9.17, 15) is 34.6 Å². The molecule has 0 unspecified atom stereocenters.